The van der Waals surface area contributed by atoms with Gasteiger partial charge < -0.3 is 9.84 Å². The van der Waals surface area contributed by atoms with Crippen molar-refractivity contribution >= 4 is 23.2 Å². The number of benzene rings is 1. The molecule has 1 saturated heterocycles. The maximum atomic E-state index is 5.99. The lowest BCUT2D eigenvalue weighted by Crippen LogP contribution is -2.42. The van der Waals surface area contributed by atoms with E-state index in [1.807, 2.05) is 6.07 Å². The van der Waals surface area contributed by atoms with E-state index in [4.69, 9.17) is 27.7 Å². The number of nitrogens with one attached hydrogen (secondary N) is 1. The lowest BCUT2D eigenvalue weighted by atomic mass is 10.2. The van der Waals surface area contributed by atoms with Gasteiger partial charge in [0.25, 0.3) is 0 Å². The van der Waals surface area contributed by atoms with Gasteiger partial charge in [-0.25, -0.2) is 0 Å². The van der Waals surface area contributed by atoms with Gasteiger partial charge in [-0.1, -0.05) is 28.4 Å². The summed E-state index contributed by atoms with van der Waals surface area (Å²) in [5.74, 6) is 1.15. The van der Waals surface area contributed by atoms with Gasteiger partial charge in [-0.2, -0.15) is 4.98 Å². The fraction of sp³-hybridized carbons (Fsp3) is 0.385. The van der Waals surface area contributed by atoms with Crippen molar-refractivity contribution in [2.75, 3.05) is 26.2 Å². The fourth-order valence-corrected chi connectivity index (χ4v) is 2.43. The van der Waals surface area contributed by atoms with Crippen LogP contribution in [0.15, 0.2) is 22.7 Å². The topological polar surface area (TPSA) is 54.2 Å². The third-order valence-corrected chi connectivity index (χ3v) is 3.95. The molecule has 2 aromatic rings. The van der Waals surface area contributed by atoms with Crippen LogP contribution >= 0.6 is 23.2 Å². The Hall–Kier alpha value is -1.14. The summed E-state index contributed by atoms with van der Waals surface area (Å²) in [5, 5.41) is 8.30. The third-order valence-electron chi connectivity index (χ3n) is 3.21. The summed E-state index contributed by atoms with van der Waals surface area (Å²) in [6.07, 6.45) is 0. The van der Waals surface area contributed by atoms with Crippen LogP contribution in [0.4, 0.5) is 0 Å². The zero-order valence-corrected chi connectivity index (χ0v) is 12.3. The second kappa shape index (κ2) is 6.10. The van der Waals surface area contributed by atoms with Gasteiger partial charge in [0, 0.05) is 31.7 Å². The van der Waals surface area contributed by atoms with Crippen molar-refractivity contribution in [1.29, 1.82) is 0 Å². The molecule has 0 radical (unpaired) electrons. The molecule has 0 atom stereocenters. The lowest BCUT2D eigenvalue weighted by molar-refractivity contribution is 0.203. The molecule has 0 aliphatic carbocycles. The number of piperazine rings is 1. The molecule has 0 unspecified atom stereocenters. The minimum absolute atomic E-state index is 0.484. The van der Waals surface area contributed by atoms with E-state index in [-0.39, 0.29) is 0 Å². The predicted molar refractivity (Wildman–Crippen MR) is 77.9 cm³/mol. The summed E-state index contributed by atoms with van der Waals surface area (Å²) in [5.41, 5.74) is 0.801. The van der Waals surface area contributed by atoms with Crippen molar-refractivity contribution in [2.24, 2.45) is 0 Å². The molecule has 1 aromatic heterocycles. The highest BCUT2D eigenvalue weighted by molar-refractivity contribution is 6.42. The highest BCUT2D eigenvalue weighted by Crippen LogP contribution is 2.27. The number of halogens is 2. The smallest absolute Gasteiger partial charge is 0.241 e. The molecule has 0 spiro atoms. The number of nitrogens with zero attached hydrogens (tertiary/aromatic N) is 3. The van der Waals surface area contributed by atoms with Crippen molar-refractivity contribution in [3.8, 4) is 11.4 Å². The monoisotopic (exact) mass is 312 g/mol. The number of hydrogen-bond donors (Lipinski definition) is 1. The SMILES string of the molecule is Clc1ccc(-c2noc(CN3CCNCC3)n2)cc1Cl. The Balaban J connectivity index is 1.73. The van der Waals surface area contributed by atoms with E-state index in [0.29, 0.717) is 28.3 Å². The highest BCUT2D eigenvalue weighted by atomic mass is 35.5. The molecule has 3 rings (SSSR count). The molecule has 1 aliphatic rings. The second-order valence-electron chi connectivity index (χ2n) is 4.67. The Labute approximate surface area is 126 Å². The summed E-state index contributed by atoms with van der Waals surface area (Å²) in [7, 11) is 0. The first-order valence-corrected chi connectivity index (χ1v) is 7.19. The quantitative estimate of drug-likeness (QED) is 0.943. The van der Waals surface area contributed by atoms with Crippen molar-refractivity contribution in [3.63, 3.8) is 0 Å². The number of hydrogen-bond acceptors (Lipinski definition) is 5. The van der Waals surface area contributed by atoms with Crippen molar-refractivity contribution < 1.29 is 4.52 Å². The zero-order chi connectivity index (χ0) is 13.9. The van der Waals surface area contributed by atoms with Crippen LogP contribution in [0.3, 0.4) is 0 Å². The fourth-order valence-electron chi connectivity index (χ4n) is 2.13. The van der Waals surface area contributed by atoms with Gasteiger partial charge in [-0.05, 0) is 18.2 Å². The third kappa shape index (κ3) is 3.12. The molecular weight excluding hydrogens is 299 g/mol. The highest BCUT2D eigenvalue weighted by Gasteiger charge is 2.15. The Morgan fingerprint density at radius 2 is 2.00 bits per heavy atom. The van der Waals surface area contributed by atoms with E-state index in [1.54, 1.807) is 12.1 Å². The van der Waals surface area contributed by atoms with E-state index < -0.39 is 0 Å². The van der Waals surface area contributed by atoms with Gasteiger partial charge in [-0.15, -0.1) is 0 Å². The van der Waals surface area contributed by atoms with Crippen LogP contribution < -0.4 is 5.32 Å². The zero-order valence-electron chi connectivity index (χ0n) is 10.8. The molecule has 2 heterocycles. The maximum Gasteiger partial charge on any atom is 0.241 e. The van der Waals surface area contributed by atoms with E-state index >= 15 is 0 Å². The minimum Gasteiger partial charge on any atom is -0.338 e. The Bertz CT molecular complexity index is 596. The molecule has 5 nitrogen and oxygen atoms in total. The van der Waals surface area contributed by atoms with Crippen LogP contribution in [0, 0.1) is 0 Å². The Morgan fingerprint density at radius 1 is 1.20 bits per heavy atom. The van der Waals surface area contributed by atoms with Crippen LogP contribution in [0.5, 0.6) is 0 Å². The standard InChI is InChI=1S/C13H14Cl2N4O/c14-10-2-1-9(7-11(10)15)13-17-12(20-18-13)8-19-5-3-16-4-6-19/h1-2,7,16H,3-6,8H2. The van der Waals surface area contributed by atoms with Crippen molar-refractivity contribution in [3.05, 3.63) is 34.1 Å². The van der Waals surface area contributed by atoms with Gasteiger partial charge in [0.1, 0.15) is 0 Å². The normalized spacial score (nSPS) is 16.5. The summed E-state index contributed by atoms with van der Waals surface area (Å²) in [6, 6.07) is 5.29. The van der Waals surface area contributed by atoms with Gasteiger partial charge in [0.05, 0.1) is 16.6 Å². The predicted octanol–water partition coefficient (Wildman–Crippen LogP) is 2.45. The van der Waals surface area contributed by atoms with Gasteiger partial charge >= 0.3 is 0 Å². The molecule has 0 saturated carbocycles. The molecule has 0 amide bonds. The van der Waals surface area contributed by atoms with Gasteiger partial charge in [0.2, 0.25) is 11.7 Å². The Kier molecular flexibility index (Phi) is 4.21. The van der Waals surface area contributed by atoms with Crippen LogP contribution in [0.2, 0.25) is 10.0 Å². The van der Waals surface area contributed by atoms with E-state index in [1.165, 1.54) is 0 Å². The van der Waals surface area contributed by atoms with E-state index in [0.717, 1.165) is 31.7 Å². The van der Waals surface area contributed by atoms with Gasteiger partial charge in [-0.3, -0.25) is 4.90 Å². The van der Waals surface area contributed by atoms with Crippen molar-refractivity contribution in [1.82, 2.24) is 20.4 Å². The molecule has 1 aliphatic heterocycles. The van der Waals surface area contributed by atoms with Crippen LogP contribution in [-0.4, -0.2) is 41.2 Å². The first-order chi connectivity index (χ1) is 9.72. The van der Waals surface area contributed by atoms with Crippen molar-refractivity contribution in [2.45, 2.75) is 6.54 Å². The van der Waals surface area contributed by atoms with E-state index in [9.17, 15) is 0 Å². The largest absolute Gasteiger partial charge is 0.338 e. The molecule has 20 heavy (non-hydrogen) atoms. The summed E-state index contributed by atoms with van der Waals surface area (Å²) >= 11 is 11.9. The number of rotatable bonds is 3. The maximum absolute atomic E-state index is 5.99. The molecular formula is C13H14Cl2N4O. The van der Waals surface area contributed by atoms with Crippen LogP contribution in [0.25, 0.3) is 11.4 Å². The first-order valence-electron chi connectivity index (χ1n) is 6.43. The molecule has 106 valence electrons. The van der Waals surface area contributed by atoms with Crippen LogP contribution in [0.1, 0.15) is 5.89 Å². The molecule has 7 heteroatoms. The molecule has 1 fully saturated rings. The van der Waals surface area contributed by atoms with Gasteiger partial charge in [0.15, 0.2) is 0 Å². The molecule has 0 bridgehead atoms. The summed E-state index contributed by atoms with van der Waals surface area (Å²) in [6.45, 7) is 4.65. The lowest BCUT2D eigenvalue weighted by Gasteiger charge is -2.25. The molecule has 1 N–H and O–H groups in total. The second-order valence-corrected chi connectivity index (χ2v) is 5.48. The van der Waals surface area contributed by atoms with E-state index in [2.05, 4.69) is 20.4 Å². The first kappa shape index (κ1) is 13.8. The average Bonchev–Trinajstić information content (AvgIpc) is 2.91. The Morgan fingerprint density at radius 3 is 2.75 bits per heavy atom. The summed E-state index contributed by atoms with van der Waals surface area (Å²) < 4.78 is 5.29. The average molecular weight is 313 g/mol. The van der Waals surface area contributed by atoms with Crippen LogP contribution in [-0.2, 0) is 6.54 Å². The minimum atomic E-state index is 0.484. The molecule has 1 aromatic carbocycles. The summed E-state index contributed by atoms with van der Waals surface area (Å²) in [4.78, 5) is 6.68. The number of aromatic nitrogens is 2.